The SMILES string of the molecule is CCCC/C=C\C/C=C\CCCCCCCCC(O)CN(CCN(C)CCN(CC(O)CCCCCCCC/C=C\C/C=C\CCCC)CC(O)CCCCCCCC/C=C\C/C=C\CCCC)CC(O)CCCCCCCC/C=C\C/C=C\CCCC. The Hall–Kier alpha value is -2.36. The van der Waals surface area contributed by atoms with Crippen molar-refractivity contribution in [3.63, 3.8) is 0 Å². The van der Waals surface area contributed by atoms with Crippen molar-refractivity contribution in [2.45, 2.75) is 360 Å². The van der Waals surface area contributed by atoms with Crippen LogP contribution in [0.1, 0.15) is 336 Å². The molecule has 0 saturated carbocycles. The van der Waals surface area contributed by atoms with Crippen LogP contribution < -0.4 is 0 Å². The highest BCUT2D eigenvalue weighted by Crippen LogP contribution is 2.17. The highest BCUT2D eigenvalue weighted by atomic mass is 16.3. The summed E-state index contributed by atoms with van der Waals surface area (Å²) >= 11 is 0. The predicted molar refractivity (Wildman–Crippen MR) is 392 cm³/mol. The third kappa shape index (κ3) is 68.0. The summed E-state index contributed by atoms with van der Waals surface area (Å²) in [6, 6.07) is 0. The summed E-state index contributed by atoms with van der Waals surface area (Å²) in [7, 11) is 2.19. The third-order valence-electron chi connectivity index (χ3n) is 17.4. The van der Waals surface area contributed by atoms with Crippen LogP contribution in [0.25, 0.3) is 0 Å². The van der Waals surface area contributed by atoms with E-state index in [-0.39, 0.29) is 0 Å². The van der Waals surface area contributed by atoms with Crippen molar-refractivity contribution in [1.29, 1.82) is 0 Å². The normalized spacial score (nSPS) is 14.2. The molecule has 0 fully saturated rings. The van der Waals surface area contributed by atoms with Gasteiger partial charge in [0.25, 0.3) is 0 Å². The molecule has 0 aliphatic carbocycles. The van der Waals surface area contributed by atoms with Crippen LogP contribution in [0.5, 0.6) is 0 Å². The molecule has 4 N–H and O–H groups in total. The number of nitrogens with zero attached hydrogens (tertiary/aromatic N) is 3. The van der Waals surface area contributed by atoms with Gasteiger partial charge in [0.15, 0.2) is 0 Å². The molecule has 0 aliphatic heterocycles. The molecule has 0 saturated heterocycles. The van der Waals surface area contributed by atoms with E-state index in [9.17, 15) is 20.4 Å². The van der Waals surface area contributed by atoms with Crippen LogP contribution in [0.3, 0.4) is 0 Å². The van der Waals surface area contributed by atoms with E-state index < -0.39 is 24.4 Å². The molecule has 4 unspecified atom stereocenters. The molecule has 0 radical (unpaired) electrons. The molecule has 0 rings (SSSR count). The van der Waals surface area contributed by atoms with E-state index in [1.165, 1.54) is 231 Å². The quantitative estimate of drug-likeness (QED) is 0.0356. The second-order valence-electron chi connectivity index (χ2n) is 26.5. The second kappa shape index (κ2) is 72.1. The number of aliphatic hydroxyl groups excluding tert-OH is 4. The van der Waals surface area contributed by atoms with E-state index >= 15 is 0 Å². The maximum absolute atomic E-state index is 11.4. The summed E-state index contributed by atoms with van der Waals surface area (Å²) in [4.78, 5) is 7.04. The fraction of sp³-hybridized carbons (Fsp3) is 0.802. The van der Waals surface area contributed by atoms with Gasteiger partial charge in [-0.3, -0.25) is 9.80 Å². The van der Waals surface area contributed by atoms with E-state index in [1.54, 1.807) is 0 Å². The van der Waals surface area contributed by atoms with Crippen LogP contribution in [-0.4, -0.2) is 119 Å². The average molecular weight is 1230 g/mol. The van der Waals surface area contributed by atoms with Crippen LogP contribution in [0.2, 0.25) is 0 Å². The minimum Gasteiger partial charge on any atom is -0.392 e. The lowest BCUT2D eigenvalue weighted by Crippen LogP contribution is -2.44. The molecule has 7 nitrogen and oxygen atoms in total. The summed E-state index contributed by atoms with van der Waals surface area (Å²) in [5, 5.41) is 45.6. The van der Waals surface area contributed by atoms with Crippen molar-refractivity contribution in [2.24, 2.45) is 0 Å². The van der Waals surface area contributed by atoms with Crippen LogP contribution in [0.15, 0.2) is 97.2 Å². The number of hydrogen-bond donors (Lipinski definition) is 4. The van der Waals surface area contributed by atoms with Crippen LogP contribution in [-0.2, 0) is 0 Å². The topological polar surface area (TPSA) is 90.6 Å². The van der Waals surface area contributed by atoms with Gasteiger partial charge < -0.3 is 25.3 Å². The molecule has 0 heterocycles. The molecule has 0 amide bonds. The zero-order chi connectivity index (χ0) is 64.0. The molecule has 4 atom stereocenters. The van der Waals surface area contributed by atoms with Crippen LogP contribution in [0.4, 0.5) is 0 Å². The third-order valence-corrected chi connectivity index (χ3v) is 17.4. The number of rotatable bonds is 70. The molecule has 0 aromatic heterocycles. The maximum atomic E-state index is 11.4. The molecule has 0 aromatic rings. The minimum absolute atomic E-state index is 0.394. The highest BCUT2D eigenvalue weighted by molar-refractivity contribution is 4.95. The first-order chi connectivity index (χ1) is 43.2. The summed E-state index contributed by atoms with van der Waals surface area (Å²) in [5.74, 6) is 0. The van der Waals surface area contributed by atoms with Gasteiger partial charge in [0.1, 0.15) is 0 Å². The first-order valence-electron chi connectivity index (χ1n) is 38.3. The fourth-order valence-corrected chi connectivity index (χ4v) is 11.5. The van der Waals surface area contributed by atoms with E-state index in [1.807, 2.05) is 0 Å². The van der Waals surface area contributed by atoms with Crippen molar-refractivity contribution in [3.05, 3.63) is 97.2 Å². The lowest BCUT2D eigenvalue weighted by molar-refractivity contribution is 0.0492. The van der Waals surface area contributed by atoms with Gasteiger partial charge >= 0.3 is 0 Å². The van der Waals surface area contributed by atoms with Gasteiger partial charge in [-0.15, -0.1) is 0 Å². The zero-order valence-electron chi connectivity index (χ0n) is 59.3. The van der Waals surface area contributed by atoms with Gasteiger partial charge in [-0.1, -0.05) is 305 Å². The Labute approximate surface area is 549 Å². The van der Waals surface area contributed by atoms with Gasteiger partial charge in [0.05, 0.1) is 24.4 Å². The highest BCUT2D eigenvalue weighted by Gasteiger charge is 2.19. The van der Waals surface area contributed by atoms with Crippen molar-refractivity contribution >= 4 is 0 Å². The van der Waals surface area contributed by atoms with Gasteiger partial charge in [-0.05, 0) is 135 Å². The van der Waals surface area contributed by atoms with Crippen LogP contribution in [0, 0.1) is 0 Å². The van der Waals surface area contributed by atoms with Gasteiger partial charge in [0.2, 0.25) is 0 Å². The van der Waals surface area contributed by atoms with Crippen LogP contribution >= 0.6 is 0 Å². The Kier molecular flexibility index (Phi) is 70.1. The van der Waals surface area contributed by atoms with Gasteiger partial charge in [-0.25, -0.2) is 0 Å². The van der Waals surface area contributed by atoms with Crippen molar-refractivity contribution in [2.75, 3.05) is 59.4 Å². The molecule has 7 heteroatoms. The Morgan fingerprint density at radius 3 is 0.614 bits per heavy atom. The molecular weight excluding hydrogens is 1080 g/mol. The molecule has 0 bridgehead atoms. The Morgan fingerprint density at radius 1 is 0.227 bits per heavy atom. The fourth-order valence-electron chi connectivity index (χ4n) is 11.5. The average Bonchev–Trinajstić information content (AvgIpc) is 3.72. The lowest BCUT2D eigenvalue weighted by Gasteiger charge is -2.31. The summed E-state index contributed by atoms with van der Waals surface area (Å²) in [5.41, 5.74) is 0. The Morgan fingerprint density at radius 2 is 0.409 bits per heavy atom. The summed E-state index contributed by atoms with van der Waals surface area (Å²) < 4.78 is 0. The van der Waals surface area contributed by atoms with Gasteiger partial charge in [-0.2, -0.15) is 0 Å². The van der Waals surface area contributed by atoms with E-state index in [4.69, 9.17) is 0 Å². The molecule has 0 aromatic carbocycles. The number of hydrogen-bond acceptors (Lipinski definition) is 7. The Bertz CT molecular complexity index is 1390. The largest absolute Gasteiger partial charge is 0.392 e. The van der Waals surface area contributed by atoms with E-state index in [2.05, 4.69) is 147 Å². The number of allylic oxidation sites excluding steroid dienone is 16. The summed E-state index contributed by atoms with van der Waals surface area (Å²) in [6.45, 7) is 14.7. The minimum atomic E-state index is -0.394. The maximum Gasteiger partial charge on any atom is 0.0667 e. The number of likely N-dealkylation sites (N-methyl/N-ethyl adjacent to an activating group) is 1. The standard InChI is InChI=1S/C81H151N3O4/c1-6-10-14-18-22-26-30-34-38-42-46-50-54-58-62-66-78(85)74-83(75-79(86)67-63-59-55-51-47-43-39-35-31-27-23-19-15-11-7-2)72-70-82(5)71-73-84(76-80(87)68-64-60-56-52-48-44-40-36-32-28-24-20-16-12-8-3)77-81(88)69-65-61-57-53-49-45-41-37-33-29-25-21-17-13-9-4/h18-25,30-37,78-81,85-88H,6-17,26-29,38-77H2,1-5H3/b22-18-,23-19-,24-20-,25-21-,34-30-,35-31-,36-32-,37-33-. The number of aliphatic hydroxyl groups is 4. The molecule has 0 spiro atoms. The summed E-state index contributed by atoms with van der Waals surface area (Å²) in [6.07, 6.45) is 91.8. The first kappa shape index (κ1) is 85.6. The first-order valence-corrected chi connectivity index (χ1v) is 38.3. The van der Waals surface area contributed by atoms with Crippen molar-refractivity contribution in [1.82, 2.24) is 14.7 Å². The van der Waals surface area contributed by atoms with E-state index in [0.29, 0.717) is 26.2 Å². The Balaban J connectivity index is 5.34. The van der Waals surface area contributed by atoms with Gasteiger partial charge in [0, 0.05) is 52.4 Å². The molecule has 514 valence electrons. The van der Waals surface area contributed by atoms with Crippen molar-refractivity contribution in [3.8, 4) is 0 Å². The number of unbranched alkanes of at least 4 members (excludes halogenated alkanes) is 32. The molecule has 0 aliphatic rings. The lowest BCUT2D eigenvalue weighted by atomic mass is 10.0. The predicted octanol–water partition coefficient (Wildman–Crippen LogP) is 22.2. The molecular formula is C81H151N3O4. The smallest absolute Gasteiger partial charge is 0.0667 e. The van der Waals surface area contributed by atoms with E-state index in [0.717, 1.165) is 103 Å². The zero-order valence-corrected chi connectivity index (χ0v) is 59.3. The van der Waals surface area contributed by atoms with Crippen molar-refractivity contribution < 1.29 is 20.4 Å². The molecule has 88 heavy (non-hydrogen) atoms. The monoisotopic (exact) mass is 1230 g/mol. The second-order valence-corrected chi connectivity index (χ2v) is 26.5.